The Balaban J connectivity index is 1.94. The largest absolute Gasteiger partial charge is 0.573 e. The van der Waals surface area contributed by atoms with Crippen molar-refractivity contribution in [3.05, 3.63) is 59.7 Å². The maximum Gasteiger partial charge on any atom is 0.573 e. The summed E-state index contributed by atoms with van der Waals surface area (Å²) in [4.78, 5) is 0.510. The number of halogens is 3. The second kappa shape index (κ2) is 12.4. The first-order valence-electron chi connectivity index (χ1n) is 10.7. The molecule has 0 radical (unpaired) electrons. The van der Waals surface area contributed by atoms with Gasteiger partial charge in [0.25, 0.3) is 0 Å². The Labute approximate surface area is 217 Å². The Kier molecular flexibility index (Phi) is 9.29. The molecular formula is C26H26F3NO6S. The number of rotatable bonds is 11. The Morgan fingerprint density at radius 3 is 1.92 bits per heavy atom. The number of benzene rings is 3. The van der Waals surface area contributed by atoms with Crippen LogP contribution < -0.4 is 33.1 Å². The molecule has 0 aliphatic heterocycles. The lowest BCUT2D eigenvalue weighted by Crippen LogP contribution is -2.17. The molecule has 3 aromatic rings. The predicted molar refractivity (Wildman–Crippen MR) is 137 cm³/mol. The zero-order chi connectivity index (χ0) is 27.0. The SMILES string of the molecule is COc1cc(/C=C\c2cc(OC)c(OC)c(OC)c2)c(NSc2cccc(OC(F)(F)F)c2)cc1OC. The van der Waals surface area contributed by atoms with Crippen molar-refractivity contribution in [3.63, 3.8) is 0 Å². The van der Waals surface area contributed by atoms with Crippen LogP contribution in [0, 0.1) is 0 Å². The van der Waals surface area contributed by atoms with Crippen molar-refractivity contribution in [1.82, 2.24) is 0 Å². The van der Waals surface area contributed by atoms with Gasteiger partial charge in [-0.3, -0.25) is 0 Å². The van der Waals surface area contributed by atoms with Crippen molar-refractivity contribution in [1.29, 1.82) is 0 Å². The van der Waals surface area contributed by atoms with Crippen LogP contribution in [0.5, 0.6) is 34.5 Å². The summed E-state index contributed by atoms with van der Waals surface area (Å²) in [6, 6.07) is 12.8. The summed E-state index contributed by atoms with van der Waals surface area (Å²) in [5.74, 6) is 2.15. The summed E-state index contributed by atoms with van der Waals surface area (Å²) < 4.78 is 72.0. The molecule has 0 heterocycles. The van der Waals surface area contributed by atoms with Crippen molar-refractivity contribution in [2.75, 3.05) is 40.3 Å². The monoisotopic (exact) mass is 537 g/mol. The summed E-state index contributed by atoms with van der Waals surface area (Å²) in [7, 11) is 7.64. The lowest BCUT2D eigenvalue weighted by Gasteiger charge is -2.15. The molecule has 3 rings (SSSR count). The van der Waals surface area contributed by atoms with Crippen LogP contribution in [0.25, 0.3) is 12.2 Å². The zero-order valence-electron chi connectivity index (χ0n) is 20.8. The van der Waals surface area contributed by atoms with E-state index in [1.165, 1.54) is 53.7 Å². The first kappa shape index (κ1) is 27.7. The zero-order valence-corrected chi connectivity index (χ0v) is 21.6. The van der Waals surface area contributed by atoms with E-state index in [0.717, 1.165) is 23.1 Å². The summed E-state index contributed by atoms with van der Waals surface area (Å²) in [6.45, 7) is 0. The number of hydrogen-bond donors (Lipinski definition) is 1. The summed E-state index contributed by atoms with van der Waals surface area (Å²) in [5, 5.41) is 0. The Morgan fingerprint density at radius 2 is 1.35 bits per heavy atom. The molecule has 0 atom stereocenters. The van der Waals surface area contributed by atoms with Gasteiger partial charge in [0.1, 0.15) is 5.75 Å². The maximum absolute atomic E-state index is 12.6. The maximum atomic E-state index is 12.6. The Hall–Kier alpha value is -3.86. The van der Waals surface area contributed by atoms with Crippen molar-refractivity contribution in [3.8, 4) is 34.5 Å². The van der Waals surface area contributed by atoms with Crippen molar-refractivity contribution < 1.29 is 41.6 Å². The van der Waals surface area contributed by atoms with Crippen molar-refractivity contribution >= 4 is 29.8 Å². The highest BCUT2D eigenvalue weighted by Crippen LogP contribution is 2.40. The van der Waals surface area contributed by atoms with E-state index in [4.69, 9.17) is 23.7 Å². The minimum Gasteiger partial charge on any atom is -0.493 e. The quantitative estimate of drug-likeness (QED) is 0.209. The summed E-state index contributed by atoms with van der Waals surface area (Å²) in [5.41, 5.74) is 2.13. The molecule has 0 amide bonds. The molecule has 0 unspecified atom stereocenters. The van der Waals surface area contributed by atoms with Gasteiger partial charge in [0.2, 0.25) is 5.75 Å². The Morgan fingerprint density at radius 1 is 0.730 bits per heavy atom. The van der Waals surface area contributed by atoms with E-state index in [1.807, 2.05) is 12.2 Å². The first-order chi connectivity index (χ1) is 17.7. The van der Waals surface area contributed by atoms with Gasteiger partial charge in [0.15, 0.2) is 23.0 Å². The van der Waals surface area contributed by atoms with E-state index in [1.54, 1.807) is 30.3 Å². The molecule has 0 saturated heterocycles. The third-order valence-electron chi connectivity index (χ3n) is 5.02. The third-order valence-corrected chi connectivity index (χ3v) is 5.83. The van der Waals surface area contributed by atoms with E-state index in [2.05, 4.69) is 9.46 Å². The summed E-state index contributed by atoms with van der Waals surface area (Å²) >= 11 is 1.12. The van der Waals surface area contributed by atoms with Crippen LogP contribution in [0.15, 0.2) is 53.4 Å². The molecule has 198 valence electrons. The van der Waals surface area contributed by atoms with Crippen LogP contribution in [0.2, 0.25) is 0 Å². The minimum atomic E-state index is -4.77. The molecule has 0 spiro atoms. The highest BCUT2D eigenvalue weighted by atomic mass is 32.2. The van der Waals surface area contributed by atoms with Crippen molar-refractivity contribution in [2.45, 2.75) is 11.3 Å². The molecule has 0 aliphatic carbocycles. The van der Waals surface area contributed by atoms with Gasteiger partial charge in [-0.05, 0) is 53.9 Å². The topological polar surface area (TPSA) is 67.4 Å². The van der Waals surface area contributed by atoms with Gasteiger partial charge < -0.3 is 33.1 Å². The number of anilines is 1. The standard InChI is InChI=1S/C26H26F3NO6S/c1-31-21-13-17(10-9-16-11-23(33-3)25(35-5)24(12-16)34-4)20(15-22(21)32-2)30-37-19-8-6-7-18(14-19)36-26(27,28)29/h6-15,30H,1-5H3/b10-9-. The smallest absolute Gasteiger partial charge is 0.493 e. The lowest BCUT2D eigenvalue weighted by atomic mass is 10.1. The van der Waals surface area contributed by atoms with Gasteiger partial charge in [-0.1, -0.05) is 18.2 Å². The van der Waals surface area contributed by atoms with Crippen LogP contribution >= 0.6 is 11.9 Å². The fraction of sp³-hybridized carbons (Fsp3) is 0.231. The van der Waals surface area contributed by atoms with Crippen LogP contribution in [0.1, 0.15) is 11.1 Å². The fourth-order valence-corrected chi connectivity index (χ4v) is 4.08. The molecule has 0 bridgehead atoms. The molecule has 0 aromatic heterocycles. The molecule has 0 fully saturated rings. The lowest BCUT2D eigenvalue weighted by molar-refractivity contribution is -0.274. The second-order valence-electron chi connectivity index (χ2n) is 7.31. The van der Waals surface area contributed by atoms with E-state index < -0.39 is 6.36 Å². The molecule has 7 nitrogen and oxygen atoms in total. The van der Waals surface area contributed by atoms with Gasteiger partial charge in [-0.25, -0.2) is 0 Å². The van der Waals surface area contributed by atoms with Crippen LogP contribution in [-0.2, 0) is 0 Å². The molecule has 37 heavy (non-hydrogen) atoms. The first-order valence-corrected chi connectivity index (χ1v) is 11.6. The van der Waals surface area contributed by atoms with E-state index in [-0.39, 0.29) is 5.75 Å². The van der Waals surface area contributed by atoms with E-state index >= 15 is 0 Å². The second-order valence-corrected chi connectivity index (χ2v) is 8.19. The molecule has 0 aliphatic rings. The average molecular weight is 538 g/mol. The molecule has 0 saturated carbocycles. The van der Waals surface area contributed by atoms with Gasteiger partial charge in [-0.2, -0.15) is 0 Å². The number of methoxy groups -OCH3 is 5. The van der Waals surface area contributed by atoms with Gasteiger partial charge in [0, 0.05) is 16.5 Å². The third kappa shape index (κ3) is 7.32. The van der Waals surface area contributed by atoms with Gasteiger partial charge in [-0.15, -0.1) is 13.2 Å². The molecule has 1 N–H and O–H groups in total. The van der Waals surface area contributed by atoms with E-state index in [9.17, 15) is 13.2 Å². The predicted octanol–water partition coefficient (Wildman–Crippen LogP) is 6.92. The molecular weight excluding hydrogens is 511 g/mol. The molecule has 3 aromatic carbocycles. The van der Waals surface area contributed by atoms with E-state index in [0.29, 0.717) is 39.3 Å². The highest BCUT2D eigenvalue weighted by Gasteiger charge is 2.31. The number of ether oxygens (including phenoxy) is 6. The van der Waals surface area contributed by atoms with Crippen molar-refractivity contribution in [2.24, 2.45) is 0 Å². The highest BCUT2D eigenvalue weighted by molar-refractivity contribution is 8.00. The number of hydrogen-bond acceptors (Lipinski definition) is 8. The minimum absolute atomic E-state index is 0.311. The average Bonchev–Trinajstić information content (AvgIpc) is 2.88. The number of alkyl halides is 3. The normalized spacial score (nSPS) is 11.2. The van der Waals surface area contributed by atoms with Crippen LogP contribution in [-0.4, -0.2) is 41.9 Å². The Bertz CT molecular complexity index is 1220. The number of nitrogens with one attached hydrogen (secondary N) is 1. The molecule has 11 heteroatoms. The van der Waals surface area contributed by atoms with Gasteiger partial charge >= 0.3 is 6.36 Å². The van der Waals surface area contributed by atoms with Crippen LogP contribution in [0.4, 0.5) is 18.9 Å². The van der Waals surface area contributed by atoms with Crippen LogP contribution in [0.3, 0.4) is 0 Å². The summed E-state index contributed by atoms with van der Waals surface area (Å²) in [6.07, 6.45) is -1.08. The fourth-order valence-electron chi connectivity index (χ4n) is 3.35. The van der Waals surface area contributed by atoms with Gasteiger partial charge in [0.05, 0.1) is 41.2 Å².